The van der Waals surface area contributed by atoms with Gasteiger partial charge in [0.1, 0.15) is 6.04 Å². The van der Waals surface area contributed by atoms with E-state index >= 15 is 0 Å². The number of amides is 2. The normalized spacial score (nSPS) is 17.5. The first-order valence-electron chi connectivity index (χ1n) is 10.4. The summed E-state index contributed by atoms with van der Waals surface area (Å²) >= 11 is 5.94. The van der Waals surface area contributed by atoms with Gasteiger partial charge in [0.25, 0.3) is 5.91 Å². The summed E-state index contributed by atoms with van der Waals surface area (Å²) in [5, 5.41) is 0.476. The molecule has 2 amide bonds. The number of carbonyl (C=O) groups excluding carboxylic acids is 2. The minimum atomic E-state index is -4.10. The molecule has 1 heterocycles. The molecule has 1 unspecified atom stereocenters. The number of halogens is 1. The Labute approximate surface area is 195 Å². The Balaban J connectivity index is 2.16. The highest BCUT2D eigenvalue weighted by Crippen LogP contribution is 2.37. The van der Waals surface area contributed by atoms with Crippen molar-refractivity contribution in [2.24, 2.45) is 0 Å². The topological polar surface area (TPSA) is 74.8 Å². The molecular weight excluding hydrogens is 448 g/mol. The number of anilines is 1. The zero-order valence-electron chi connectivity index (χ0n) is 19.5. The molecule has 1 atom stereocenters. The number of imide groups is 1. The molecule has 3 rings (SSSR count). The number of aryl methyl sites for hydroxylation is 2. The second-order valence-electron chi connectivity index (χ2n) is 9.32. The molecule has 0 saturated carbocycles. The minimum Gasteiger partial charge on any atom is -0.274 e. The van der Waals surface area contributed by atoms with Crippen LogP contribution in [-0.2, 0) is 19.6 Å². The molecule has 0 N–H and O–H groups in total. The highest BCUT2D eigenvalue weighted by molar-refractivity contribution is 7.89. The third kappa shape index (κ3) is 4.09. The lowest BCUT2D eigenvalue weighted by Gasteiger charge is -2.38. The van der Waals surface area contributed by atoms with Crippen LogP contribution in [0.2, 0.25) is 5.02 Å². The van der Waals surface area contributed by atoms with Crippen LogP contribution in [0.15, 0.2) is 35.2 Å². The van der Waals surface area contributed by atoms with Gasteiger partial charge in [0.2, 0.25) is 15.9 Å². The van der Waals surface area contributed by atoms with Crippen LogP contribution in [0.4, 0.5) is 5.69 Å². The molecule has 8 heteroatoms. The van der Waals surface area contributed by atoms with E-state index in [4.69, 9.17) is 11.6 Å². The van der Waals surface area contributed by atoms with E-state index in [-0.39, 0.29) is 11.3 Å². The van der Waals surface area contributed by atoms with Gasteiger partial charge in [-0.3, -0.25) is 9.59 Å². The van der Waals surface area contributed by atoms with Gasteiger partial charge in [-0.1, -0.05) is 17.7 Å². The highest BCUT2D eigenvalue weighted by atomic mass is 35.5. The first kappa shape index (κ1) is 24.4. The fourth-order valence-electron chi connectivity index (χ4n) is 4.32. The van der Waals surface area contributed by atoms with Gasteiger partial charge in [-0.05, 0) is 95.0 Å². The van der Waals surface area contributed by atoms with Crippen molar-refractivity contribution < 1.29 is 18.0 Å². The standard InChI is InChI=1S/C24H29ClN2O4S/c1-14-12-15(2)17(4)22(16(14)3)32(30,31)27(24(5,6)7)20-13-21(28)26(23(20)29)19-10-8-18(25)9-11-19/h8-12,20H,13H2,1-7H3. The number of hydrogen-bond acceptors (Lipinski definition) is 4. The number of nitrogens with zero attached hydrogens (tertiary/aromatic N) is 2. The Morgan fingerprint density at radius 2 is 1.47 bits per heavy atom. The molecule has 1 aliphatic heterocycles. The summed E-state index contributed by atoms with van der Waals surface area (Å²) in [5.41, 5.74) is 2.44. The Morgan fingerprint density at radius 3 is 1.94 bits per heavy atom. The minimum absolute atomic E-state index is 0.204. The van der Waals surface area contributed by atoms with Crippen LogP contribution in [0, 0.1) is 27.7 Å². The zero-order chi connectivity index (χ0) is 24.2. The summed E-state index contributed by atoms with van der Waals surface area (Å²) in [5.74, 6) is -1.00. The Kier molecular flexibility index (Phi) is 6.32. The fourth-order valence-corrected chi connectivity index (χ4v) is 6.96. The van der Waals surface area contributed by atoms with Gasteiger partial charge in [-0.2, -0.15) is 4.31 Å². The van der Waals surface area contributed by atoms with Gasteiger partial charge in [0.05, 0.1) is 17.0 Å². The number of carbonyl (C=O) groups is 2. The van der Waals surface area contributed by atoms with Crippen LogP contribution < -0.4 is 4.90 Å². The van der Waals surface area contributed by atoms with E-state index in [1.165, 1.54) is 4.31 Å². The fraction of sp³-hybridized carbons (Fsp3) is 0.417. The quantitative estimate of drug-likeness (QED) is 0.599. The average Bonchev–Trinajstić information content (AvgIpc) is 2.93. The molecule has 2 aromatic carbocycles. The van der Waals surface area contributed by atoms with Gasteiger partial charge >= 0.3 is 0 Å². The Hall–Kier alpha value is -2.22. The molecule has 1 saturated heterocycles. The van der Waals surface area contributed by atoms with Gasteiger partial charge in [0.15, 0.2) is 0 Å². The number of hydrogen-bond donors (Lipinski definition) is 0. The Morgan fingerprint density at radius 1 is 0.969 bits per heavy atom. The summed E-state index contributed by atoms with van der Waals surface area (Å²) in [6.45, 7) is 12.5. The van der Waals surface area contributed by atoms with Crippen molar-refractivity contribution in [2.75, 3.05) is 4.90 Å². The molecule has 172 valence electrons. The van der Waals surface area contributed by atoms with E-state index in [1.807, 2.05) is 19.9 Å². The predicted octanol–water partition coefficient (Wildman–Crippen LogP) is 4.69. The molecule has 0 bridgehead atoms. The molecule has 1 aliphatic rings. The lowest BCUT2D eigenvalue weighted by atomic mass is 10.0. The van der Waals surface area contributed by atoms with Crippen LogP contribution in [0.5, 0.6) is 0 Å². The SMILES string of the molecule is Cc1cc(C)c(C)c(S(=O)(=O)N(C2CC(=O)N(c3ccc(Cl)cc3)C2=O)C(C)(C)C)c1C. The molecule has 32 heavy (non-hydrogen) atoms. The van der Waals surface area contributed by atoms with E-state index in [0.29, 0.717) is 21.8 Å². The molecule has 0 aromatic heterocycles. The Bertz CT molecular complexity index is 1170. The molecule has 0 spiro atoms. The largest absolute Gasteiger partial charge is 0.274 e. The number of benzene rings is 2. The predicted molar refractivity (Wildman–Crippen MR) is 127 cm³/mol. The van der Waals surface area contributed by atoms with E-state index < -0.39 is 33.4 Å². The monoisotopic (exact) mass is 476 g/mol. The van der Waals surface area contributed by atoms with Crippen molar-refractivity contribution in [3.63, 3.8) is 0 Å². The summed E-state index contributed by atoms with van der Waals surface area (Å²) in [6.07, 6.45) is -0.221. The molecule has 0 aliphatic carbocycles. The number of sulfonamides is 1. The molecular formula is C24H29ClN2O4S. The second-order valence-corrected chi connectivity index (χ2v) is 11.5. The van der Waals surface area contributed by atoms with Crippen molar-refractivity contribution in [2.45, 2.75) is 71.4 Å². The highest BCUT2D eigenvalue weighted by Gasteiger charge is 2.51. The molecule has 1 fully saturated rings. The van der Waals surface area contributed by atoms with E-state index in [9.17, 15) is 18.0 Å². The third-order valence-electron chi connectivity index (χ3n) is 5.97. The van der Waals surface area contributed by atoms with Crippen LogP contribution in [0.25, 0.3) is 0 Å². The molecule has 0 radical (unpaired) electrons. The number of rotatable bonds is 4. The van der Waals surface area contributed by atoms with Crippen molar-refractivity contribution in [3.8, 4) is 0 Å². The molecule has 2 aromatic rings. The van der Waals surface area contributed by atoms with Crippen LogP contribution >= 0.6 is 11.6 Å². The summed E-state index contributed by atoms with van der Waals surface area (Å²) in [6, 6.07) is 7.15. The second kappa shape index (κ2) is 8.28. The summed E-state index contributed by atoms with van der Waals surface area (Å²) in [4.78, 5) is 27.6. The summed E-state index contributed by atoms with van der Waals surface area (Å²) < 4.78 is 29.4. The van der Waals surface area contributed by atoms with E-state index in [0.717, 1.165) is 16.0 Å². The van der Waals surface area contributed by atoms with E-state index in [2.05, 4.69) is 0 Å². The first-order chi connectivity index (χ1) is 14.7. The van der Waals surface area contributed by atoms with Gasteiger partial charge < -0.3 is 0 Å². The van der Waals surface area contributed by atoms with Crippen LogP contribution in [0.3, 0.4) is 0 Å². The zero-order valence-corrected chi connectivity index (χ0v) is 21.1. The third-order valence-corrected chi connectivity index (χ3v) is 8.67. The van der Waals surface area contributed by atoms with Gasteiger partial charge in [-0.25, -0.2) is 13.3 Å². The van der Waals surface area contributed by atoms with Crippen molar-refractivity contribution in [1.82, 2.24) is 4.31 Å². The maximum Gasteiger partial charge on any atom is 0.252 e. The van der Waals surface area contributed by atoms with Crippen LogP contribution in [0.1, 0.15) is 49.4 Å². The van der Waals surface area contributed by atoms with Crippen molar-refractivity contribution in [1.29, 1.82) is 0 Å². The maximum absolute atomic E-state index is 14.1. The van der Waals surface area contributed by atoms with E-state index in [1.54, 1.807) is 58.9 Å². The smallest absolute Gasteiger partial charge is 0.252 e. The summed E-state index contributed by atoms with van der Waals surface area (Å²) in [7, 11) is -4.10. The lowest BCUT2D eigenvalue weighted by molar-refractivity contribution is -0.122. The first-order valence-corrected chi connectivity index (χ1v) is 12.2. The van der Waals surface area contributed by atoms with Crippen molar-refractivity contribution in [3.05, 3.63) is 57.6 Å². The van der Waals surface area contributed by atoms with Gasteiger partial charge in [-0.15, -0.1) is 0 Å². The molecule has 6 nitrogen and oxygen atoms in total. The lowest BCUT2D eigenvalue weighted by Crippen LogP contribution is -2.54. The van der Waals surface area contributed by atoms with Crippen molar-refractivity contribution >= 4 is 39.1 Å². The van der Waals surface area contributed by atoms with Crippen LogP contribution in [-0.4, -0.2) is 36.1 Å². The average molecular weight is 477 g/mol. The van der Waals surface area contributed by atoms with Gasteiger partial charge in [0, 0.05) is 10.6 Å². The maximum atomic E-state index is 14.1.